The summed E-state index contributed by atoms with van der Waals surface area (Å²) in [6, 6.07) is 0. The summed E-state index contributed by atoms with van der Waals surface area (Å²) < 4.78 is 61.2. The fourth-order valence-electron chi connectivity index (χ4n) is 2.91. The number of nitrogens with one attached hydrogen (secondary N) is 2. The summed E-state index contributed by atoms with van der Waals surface area (Å²) in [7, 11) is -5.22. The number of rotatable bonds is 9. The van der Waals surface area contributed by atoms with Gasteiger partial charge in [0.15, 0.2) is 5.96 Å². The van der Waals surface area contributed by atoms with E-state index >= 15 is 0 Å². The standard InChI is InChI=1S/C16H32F3N5O2S/c1-4-20-15(21-9-12-23(5-2)6-3)22-13-14-7-10-24(11-8-14)27(25,26)16(17,18)19/h14H,4-13H2,1-3H3,(H2,20,21,22). The molecule has 1 fully saturated rings. The number of nitrogens with zero attached hydrogens (tertiary/aromatic N) is 3. The van der Waals surface area contributed by atoms with Gasteiger partial charge in [0, 0.05) is 39.3 Å². The lowest BCUT2D eigenvalue weighted by molar-refractivity contribution is -0.0496. The van der Waals surface area contributed by atoms with Crippen LogP contribution in [0.2, 0.25) is 0 Å². The lowest BCUT2D eigenvalue weighted by Crippen LogP contribution is -2.45. The van der Waals surface area contributed by atoms with Crippen LogP contribution in [0.3, 0.4) is 0 Å². The SMILES string of the molecule is CCNC(=NCC1CCN(S(=O)(=O)C(F)(F)F)CC1)NCCN(CC)CC. The largest absolute Gasteiger partial charge is 0.511 e. The van der Waals surface area contributed by atoms with Crippen molar-refractivity contribution in [2.24, 2.45) is 10.9 Å². The van der Waals surface area contributed by atoms with Crippen LogP contribution < -0.4 is 10.6 Å². The van der Waals surface area contributed by atoms with Crippen LogP contribution in [0.4, 0.5) is 13.2 Å². The number of piperidine rings is 1. The molecule has 0 saturated carbocycles. The average molecular weight is 416 g/mol. The third kappa shape index (κ3) is 7.46. The predicted molar refractivity (Wildman–Crippen MR) is 101 cm³/mol. The molecule has 0 aromatic rings. The van der Waals surface area contributed by atoms with E-state index in [1.807, 2.05) is 6.92 Å². The molecule has 1 rings (SSSR count). The molecule has 160 valence electrons. The number of aliphatic imine (C=N–C) groups is 1. The van der Waals surface area contributed by atoms with E-state index in [4.69, 9.17) is 0 Å². The van der Waals surface area contributed by atoms with Gasteiger partial charge in [-0.05, 0) is 38.8 Å². The van der Waals surface area contributed by atoms with E-state index in [1.54, 1.807) is 0 Å². The van der Waals surface area contributed by atoms with Gasteiger partial charge < -0.3 is 15.5 Å². The van der Waals surface area contributed by atoms with Gasteiger partial charge in [0.2, 0.25) is 0 Å². The minimum absolute atomic E-state index is 0.0721. The normalized spacial score (nSPS) is 18.1. The van der Waals surface area contributed by atoms with Gasteiger partial charge in [0.25, 0.3) is 0 Å². The Morgan fingerprint density at radius 1 is 1.15 bits per heavy atom. The molecule has 1 aliphatic rings. The molecular formula is C16H32F3N5O2S. The molecule has 2 N–H and O–H groups in total. The van der Waals surface area contributed by atoms with Crippen LogP contribution in [-0.4, -0.2) is 81.4 Å². The van der Waals surface area contributed by atoms with Crippen molar-refractivity contribution in [1.82, 2.24) is 19.8 Å². The second kappa shape index (κ2) is 11.1. The summed E-state index contributed by atoms with van der Waals surface area (Å²) in [5, 5.41) is 6.40. The lowest BCUT2D eigenvalue weighted by Gasteiger charge is -2.31. The Labute approximate surface area is 160 Å². The molecular weight excluding hydrogens is 383 g/mol. The number of guanidine groups is 1. The zero-order chi connectivity index (χ0) is 20.5. The second-order valence-electron chi connectivity index (χ2n) is 6.47. The van der Waals surface area contributed by atoms with Gasteiger partial charge in [-0.2, -0.15) is 17.5 Å². The smallest absolute Gasteiger partial charge is 0.357 e. The Kier molecular flexibility index (Phi) is 9.82. The molecule has 1 heterocycles. The molecule has 0 bridgehead atoms. The van der Waals surface area contributed by atoms with E-state index in [-0.39, 0.29) is 19.0 Å². The van der Waals surface area contributed by atoms with E-state index < -0.39 is 15.5 Å². The highest BCUT2D eigenvalue weighted by atomic mass is 32.2. The summed E-state index contributed by atoms with van der Waals surface area (Å²) in [5.41, 5.74) is -5.23. The maximum Gasteiger partial charge on any atom is 0.511 e. The number of hydrogen-bond donors (Lipinski definition) is 2. The van der Waals surface area contributed by atoms with Gasteiger partial charge in [-0.15, -0.1) is 0 Å². The lowest BCUT2D eigenvalue weighted by atomic mass is 9.98. The van der Waals surface area contributed by atoms with Crippen LogP contribution in [0.1, 0.15) is 33.6 Å². The number of alkyl halides is 3. The average Bonchev–Trinajstić information content (AvgIpc) is 2.62. The van der Waals surface area contributed by atoms with Crippen molar-refractivity contribution in [2.45, 2.75) is 39.1 Å². The number of halogens is 3. The summed E-state index contributed by atoms with van der Waals surface area (Å²) in [5.74, 6) is 0.748. The van der Waals surface area contributed by atoms with Crippen molar-refractivity contribution in [1.29, 1.82) is 0 Å². The fraction of sp³-hybridized carbons (Fsp3) is 0.938. The molecule has 0 spiro atoms. The van der Waals surface area contributed by atoms with Crippen molar-refractivity contribution in [2.75, 3.05) is 52.4 Å². The van der Waals surface area contributed by atoms with Crippen LogP contribution in [0.5, 0.6) is 0 Å². The summed E-state index contributed by atoms with van der Waals surface area (Å²) >= 11 is 0. The monoisotopic (exact) mass is 415 g/mol. The first kappa shape index (κ1) is 24.0. The molecule has 1 aliphatic heterocycles. The fourth-order valence-corrected chi connectivity index (χ4v) is 3.90. The zero-order valence-electron chi connectivity index (χ0n) is 16.3. The van der Waals surface area contributed by atoms with Gasteiger partial charge in [0.1, 0.15) is 0 Å². The molecule has 0 amide bonds. The first-order valence-corrected chi connectivity index (χ1v) is 10.9. The van der Waals surface area contributed by atoms with Crippen LogP contribution in [0.15, 0.2) is 4.99 Å². The van der Waals surface area contributed by atoms with E-state index in [0.717, 1.165) is 26.2 Å². The summed E-state index contributed by atoms with van der Waals surface area (Å²) in [6.45, 7) is 10.7. The number of hydrogen-bond acceptors (Lipinski definition) is 4. The molecule has 0 aromatic carbocycles. The Balaban J connectivity index is 2.50. The van der Waals surface area contributed by atoms with Gasteiger partial charge in [-0.1, -0.05) is 13.8 Å². The molecule has 11 heteroatoms. The topological polar surface area (TPSA) is 77.0 Å². The van der Waals surface area contributed by atoms with Crippen molar-refractivity contribution < 1.29 is 21.6 Å². The van der Waals surface area contributed by atoms with Gasteiger partial charge >= 0.3 is 15.5 Å². The highest BCUT2D eigenvalue weighted by molar-refractivity contribution is 7.90. The molecule has 0 unspecified atom stereocenters. The van der Waals surface area contributed by atoms with Crippen molar-refractivity contribution in [3.05, 3.63) is 0 Å². The quantitative estimate of drug-likeness (QED) is 0.440. The van der Waals surface area contributed by atoms with Crippen LogP contribution >= 0.6 is 0 Å². The number of likely N-dealkylation sites (N-methyl/N-ethyl adjacent to an activating group) is 1. The maximum absolute atomic E-state index is 12.6. The predicted octanol–water partition coefficient (Wildman–Crippen LogP) is 1.44. The Bertz CT molecular complexity index is 557. The minimum atomic E-state index is -5.23. The van der Waals surface area contributed by atoms with Crippen molar-refractivity contribution in [3.8, 4) is 0 Å². The third-order valence-corrected chi connectivity index (χ3v) is 6.30. The van der Waals surface area contributed by atoms with Crippen LogP contribution in [0.25, 0.3) is 0 Å². The second-order valence-corrected chi connectivity index (χ2v) is 8.40. The van der Waals surface area contributed by atoms with Gasteiger partial charge in [0.05, 0.1) is 0 Å². The summed E-state index contributed by atoms with van der Waals surface area (Å²) in [4.78, 5) is 6.79. The van der Waals surface area contributed by atoms with E-state index in [0.29, 0.717) is 36.2 Å². The molecule has 1 saturated heterocycles. The van der Waals surface area contributed by atoms with Gasteiger partial charge in [-0.3, -0.25) is 4.99 Å². The van der Waals surface area contributed by atoms with Crippen molar-refractivity contribution in [3.63, 3.8) is 0 Å². The molecule has 0 radical (unpaired) electrons. The zero-order valence-corrected chi connectivity index (χ0v) is 17.2. The van der Waals surface area contributed by atoms with E-state index in [1.165, 1.54) is 0 Å². The number of sulfonamides is 1. The molecule has 7 nitrogen and oxygen atoms in total. The highest BCUT2D eigenvalue weighted by Crippen LogP contribution is 2.30. The van der Waals surface area contributed by atoms with Crippen molar-refractivity contribution >= 4 is 16.0 Å². The molecule has 0 atom stereocenters. The first-order valence-electron chi connectivity index (χ1n) is 9.46. The van der Waals surface area contributed by atoms with Gasteiger partial charge in [-0.25, -0.2) is 8.42 Å². The molecule has 0 aliphatic carbocycles. The maximum atomic E-state index is 12.6. The Morgan fingerprint density at radius 3 is 2.22 bits per heavy atom. The summed E-state index contributed by atoms with van der Waals surface area (Å²) in [6.07, 6.45) is 0.745. The Morgan fingerprint density at radius 2 is 1.74 bits per heavy atom. The third-order valence-electron chi connectivity index (χ3n) is 4.67. The minimum Gasteiger partial charge on any atom is -0.357 e. The van der Waals surface area contributed by atoms with Crippen LogP contribution in [0, 0.1) is 5.92 Å². The van der Waals surface area contributed by atoms with Crippen LogP contribution in [-0.2, 0) is 10.0 Å². The molecule has 27 heavy (non-hydrogen) atoms. The molecule has 0 aromatic heterocycles. The Hall–Kier alpha value is -1.07. The highest BCUT2D eigenvalue weighted by Gasteiger charge is 2.50. The first-order chi connectivity index (χ1) is 12.7. The van der Waals surface area contributed by atoms with E-state index in [2.05, 4.69) is 34.4 Å². The van der Waals surface area contributed by atoms with E-state index in [9.17, 15) is 21.6 Å².